The van der Waals surface area contributed by atoms with E-state index < -0.39 is 0 Å². The van der Waals surface area contributed by atoms with Crippen molar-refractivity contribution in [2.75, 3.05) is 0 Å². The summed E-state index contributed by atoms with van der Waals surface area (Å²) in [6.45, 7) is 0. The number of ether oxygens (including phenoxy) is 1. The van der Waals surface area contributed by atoms with Gasteiger partial charge in [-0.3, -0.25) is 0 Å². The van der Waals surface area contributed by atoms with Crippen LogP contribution in [0.25, 0.3) is 0 Å². The van der Waals surface area contributed by atoms with Crippen molar-refractivity contribution in [3.63, 3.8) is 0 Å². The summed E-state index contributed by atoms with van der Waals surface area (Å²) in [5, 5.41) is 16.9. The molecule has 0 amide bonds. The van der Waals surface area contributed by atoms with Crippen LogP contribution in [0.1, 0.15) is 0 Å². The van der Waals surface area contributed by atoms with Crippen LogP contribution in [-0.2, 0) is 0 Å². The fourth-order valence-corrected chi connectivity index (χ4v) is 2.40. The van der Waals surface area contributed by atoms with Crippen LogP contribution in [0.2, 0.25) is 5.15 Å². The van der Waals surface area contributed by atoms with Gasteiger partial charge < -0.3 is 9.84 Å². The van der Waals surface area contributed by atoms with E-state index in [1.165, 1.54) is 6.07 Å². The molecule has 17 heavy (non-hydrogen) atoms. The maximum absolute atomic E-state index is 9.59. The second-order valence-electron chi connectivity index (χ2n) is 3.01. The molecule has 1 aromatic heterocycles. The van der Waals surface area contributed by atoms with Crippen LogP contribution < -0.4 is 4.74 Å². The SMILES string of the molecule is Oc1cc(Cl)nnc1Oc1c(Br)cccc1Br. The van der Waals surface area contributed by atoms with Crippen molar-refractivity contribution < 1.29 is 9.84 Å². The molecule has 0 spiro atoms. The van der Waals surface area contributed by atoms with Crippen molar-refractivity contribution in [3.05, 3.63) is 38.4 Å². The summed E-state index contributed by atoms with van der Waals surface area (Å²) in [5.74, 6) is 0.314. The molecular formula is C10H5Br2ClN2O2. The zero-order valence-corrected chi connectivity index (χ0v) is 12.1. The van der Waals surface area contributed by atoms with Gasteiger partial charge in [0.1, 0.15) is 0 Å². The van der Waals surface area contributed by atoms with Gasteiger partial charge in [0.15, 0.2) is 16.7 Å². The summed E-state index contributed by atoms with van der Waals surface area (Å²) < 4.78 is 6.90. The number of hydrogen-bond donors (Lipinski definition) is 1. The van der Waals surface area contributed by atoms with Gasteiger partial charge in [-0.2, -0.15) is 0 Å². The molecule has 0 fully saturated rings. The zero-order valence-electron chi connectivity index (χ0n) is 8.19. The topological polar surface area (TPSA) is 55.2 Å². The van der Waals surface area contributed by atoms with Crippen molar-refractivity contribution in [3.8, 4) is 17.4 Å². The first-order valence-electron chi connectivity index (χ1n) is 4.42. The number of aromatic nitrogens is 2. The van der Waals surface area contributed by atoms with Gasteiger partial charge in [0.25, 0.3) is 5.88 Å². The first-order valence-corrected chi connectivity index (χ1v) is 6.38. The highest BCUT2D eigenvalue weighted by molar-refractivity contribution is 9.11. The Labute approximate surface area is 119 Å². The molecule has 2 aromatic rings. The Balaban J connectivity index is 2.38. The largest absolute Gasteiger partial charge is 0.503 e. The molecule has 0 bridgehead atoms. The first-order chi connectivity index (χ1) is 8.08. The molecule has 0 aliphatic heterocycles. The molecule has 1 heterocycles. The summed E-state index contributed by atoms with van der Waals surface area (Å²) in [7, 11) is 0. The minimum absolute atomic E-state index is 0.0120. The molecule has 7 heteroatoms. The van der Waals surface area contributed by atoms with Crippen molar-refractivity contribution in [1.82, 2.24) is 10.2 Å². The Morgan fingerprint density at radius 2 is 1.82 bits per heavy atom. The van der Waals surface area contributed by atoms with E-state index >= 15 is 0 Å². The van der Waals surface area contributed by atoms with E-state index in [1.807, 2.05) is 6.07 Å². The summed E-state index contributed by atoms with van der Waals surface area (Å²) >= 11 is 12.2. The van der Waals surface area contributed by atoms with Gasteiger partial charge in [-0.1, -0.05) is 17.7 Å². The van der Waals surface area contributed by atoms with E-state index in [0.29, 0.717) is 5.75 Å². The number of hydrogen-bond acceptors (Lipinski definition) is 4. The quantitative estimate of drug-likeness (QED) is 0.850. The third kappa shape index (κ3) is 2.88. The van der Waals surface area contributed by atoms with E-state index in [2.05, 4.69) is 42.1 Å². The molecule has 1 aromatic carbocycles. The van der Waals surface area contributed by atoms with Crippen LogP contribution in [0.3, 0.4) is 0 Å². The molecule has 0 unspecified atom stereocenters. The Bertz CT molecular complexity index is 546. The fourth-order valence-electron chi connectivity index (χ4n) is 1.10. The van der Waals surface area contributed by atoms with E-state index in [4.69, 9.17) is 16.3 Å². The average Bonchev–Trinajstić information content (AvgIpc) is 2.26. The van der Waals surface area contributed by atoms with Gasteiger partial charge in [0.05, 0.1) is 8.95 Å². The second kappa shape index (κ2) is 5.20. The molecule has 2 rings (SSSR count). The molecule has 88 valence electrons. The second-order valence-corrected chi connectivity index (χ2v) is 5.11. The van der Waals surface area contributed by atoms with Gasteiger partial charge in [0, 0.05) is 6.07 Å². The first kappa shape index (κ1) is 12.6. The highest BCUT2D eigenvalue weighted by atomic mass is 79.9. The number of nitrogens with zero attached hydrogens (tertiary/aromatic N) is 2. The van der Waals surface area contributed by atoms with Crippen LogP contribution in [0.4, 0.5) is 0 Å². The molecule has 1 N–H and O–H groups in total. The van der Waals surface area contributed by atoms with Gasteiger partial charge in [-0.15, -0.1) is 10.2 Å². The van der Waals surface area contributed by atoms with Crippen molar-refractivity contribution >= 4 is 43.5 Å². The summed E-state index contributed by atoms with van der Waals surface area (Å²) in [6, 6.07) is 6.71. The van der Waals surface area contributed by atoms with Crippen molar-refractivity contribution in [2.24, 2.45) is 0 Å². The Kier molecular flexibility index (Phi) is 3.86. The predicted molar refractivity (Wildman–Crippen MR) is 70.6 cm³/mol. The molecule has 0 saturated heterocycles. The Morgan fingerprint density at radius 3 is 2.41 bits per heavy atom. The number of para-hydroxylation sites is 1. The van der Waals surface area contributed by atoms with E-state index in [1.54, 1.807) is 12.1 Å². The minimum Gasteiger partial charge on any atom is -0.503 e. The van der Waals surface area contributed by atoms with Gasteiger partial charge in [-0.25, -0.2) is 0 Å². The predicted octanol–water partition coefficient (Wildman–Crippen LogP) is 4.15. The monoisotopic (exact) mass is 378 g/mol. The third-order valence-electron chi connectivity index (χ3n) is 1.83. The van der Waals surface area contributed by atoms with Crippen LogP contribution >= 0.6 is 43.5 Å². The van der Waals surface area contributed by atoms with E-state index in [-0.39, 0.29) is 16.8 Å². The van der Waals surface area contributed by atoms with Crippen molar-refractivity contribution in [2.45, 2.75) is 0 Å². The van der Waals surface area contributed by atoms with Gasteiger partial charge in [-0.05, 0) is 44.0 Å². The van der Waals surface area contributed by atoms with E-state index in [9.17, 15) is 5.11 Å². The minimum atomic E-state index is -0.173. The smallest absolute Gasteiger partial charge is 0.281 e. The molecule has 4 nitrogen and oxygen atoms in total. The lowest BCUT2D eigenvalue weighted by atomic mass is 10.3. The molecule has 0 saturated carbocycles. The fraction of sp³-hybridized carbons (Fsp3) is 0. The highest BCUT2D eigenvalue weighted by Gasteiger charge is 2.12. The lowest BCUT2D eigenvalue weighted by molar-refractivity contribution is 0.389. The summed E-state index contributed by atoms with van der Waals surface area (Å²) in [4.78, 5) is 0. The number of benzene rings is 1. The van der Waals surface area contributed by atoms with Crippen molar-refractivity contribution in [1.29, 1.82) is 0 Å². The molecule has 0 aliphatic rings. The lowest BCUT2D eigenvalue weighted by Crippen LogP contribution is -1.92. The van der Waals surface area contributed by atoms with Crippen LogP contribution in [0, 0.1) is 0 Å². The third-order valence-corrected chi connectivity index (χ3v) is 3.26. The van der Waals surface area contributed by atoms with Gasteiger partial charge in [0.2, 0.25) is 0 Å². The molecular weight excluding hydrogens is 375 g/mol. The maximum Gasteiger partial charge on any atom is 0.281 e. The normalized spacial score (nSPS) is 10.3. The molecule has 0 aliphatic carbocycles. The highest BCUT2D eigenvalue weighted by Crippen LogP contribution is 2.38. The van der Waals surface area contributed by atoms with Gasteiger partial charge >= 0.3 is 0 Å². The van der Waals surface area contributed by atoms with Crippen LogP contribution in [0.15, 0.2) is 33.2 Å². The van der Waals surface area contributed by atoms with Crippen LogP contribution in [0.5, 0.6) is 17.4 Å². The molecule has 0 atom stereocenters. The molecule has 0 radical (unpaired) electrons. The van der Waals surface area contributed by atoms with E-state index in [0.717, 1.165) is 8.95 Å². The zero-order chi connectivity index (χ0) is 12.4. The number of aromatic hydroxyl groups is 1. The standard InChI is InChI=1S/C10H5Br2ClN2O2/c11-5-2-1-3-6(12)9(5)17-10-7(16)4-8(13)14-15-10/h1-4H,(H,14,16). The average molecular weight is 380 g/mol. The Hall–Kier alpha value is -0.850. The Morgan fingerprint density at radius 1 is 1.18 bits per heavy atom. The van der Waals surface area contributed by atoms with Crippen LogP contribution in [-0.4, -0.2) is 15.3 Å². The number of rotatable bonds is 2. The summed E-state index contributed by atoms with van der Waals surface area (Å²) in [5.41, 5.74) is 0. The lowest BCUT2D eigenvalue weighted by Gasteiger charge is -2.09. The summed E-state index contributed by atoms with van der Waals surface area (Å²) in [6.07, 6.45) is 0. The number of halogens is 3. The maximum atomic E-state index is 9.59.